The number of rotatable bonds is 6. The number of hydrogen-bond acceptors (Lipinski definition) is 4. The van der Waals surface area contributed by atoms with Crippen LogP contribution in [0.4, 0.5) is 8.78 Å². The molecular weight excluding hydrogens is 264 g/mol. The SMILES string of the molecule is N[C@@H](Cc1ccc(OC(F)(F)C(=O)O)cc1)C(=O)O. The molecule has 0 fully saturated rings. The highest BCUT2D eigenvalue weighted by Gasteiger charge is 2.42. The van der Waals surface area contributed by atoms with Gasteiger partial charge in [0.25, 0.3) is 0 Å². The maximum Gasteiger partial charge on any atom is 0.501 e. The molecule has 19 heavy (non-hydrogen) atoms. The first-order valence-electron chi connectivity index (χ1n) is 5.10. The summed E-state index contributed by atoms with van der Waals surface area (Å²) in [6.07, 6.45) is -4.30. The molecule has 1 rings (SSSR count). The van der Waals surface area contributed by atoms with Gasteiger partial charge in [-0.2, -0.15) is 8.78 Å². The van der Waals surface area contributed by atoms with Crippen molar-refractivity contribution < 1.29 is 33.3 Å². The number of ether oxygens (including phenoxy) is 1. The summed E-state index contributed by atoms with van der Waals surface area (Å²) in [5.74, 6) is -3.93. The number of hydrogen-bond donors (Lipinski definition) is 3. The highest BCUT2D eigenvalue weighted by Crippen LogP contribution is 2.22. The fourth-order valence-corrected chi connectivity index (χ4v) is 1.23. The monoisotopic (exact) mass is 275 g/mol. The zero-order chi connectivity index (χ0) is 14.6. The number of benzene rings is 1. The molecule has 0 unspecified atom stereocenters. The van der Waals surface area contributed by atoms with Crippen molar-refractivity contribution in [2.24, 2.45) is 5.73 Å². The molecule has 0 saturated carbocycles. The smallest absolute Gasteiger partial charge is 0.480 e. The lowest BCUT2D eigenvalue weighted by Crippen LogP contribution is -2.34. The predicted molar refractivity (Wildman–Crippen MR) is 59.0 cm³/mol. The van der Waals surface area contributed by atoms with E-state index in [9.17, 15) is 18.4 Å². The zero-order valence-corrected chi connectivity index (χ0v) is 9.55. The largest absolute Gasteiger partial charge is 0.501 e. The number of aliphatic carboxylic acids is 2. The second kappa shape index (κ2) is 5.61. The molecule has 0 aliphatic carbocycles. The van der Waals surface area contributed by atoms with Crippen LogP contribution < -0.4 is 10.5 Å². The third-order valence-corrected chi connectivity index (χ3v) is 2.19. The molecule has 104 valence electrons. The van der Waals surface area contributed by atoms with Gasteiger partial charge in [0.2, 0.25) is 0 Å². The molecule has 0 saturated heterocycles. The Balaban J connectivity index is 2.72. The van der Waals surface area contributed by atoms with Crippen LogP contribution >= 0.6 is 0 Å². The van der Waals surface area contributed by atoms with Crippen molar-refractivity contribution in [1.82, 2.24) is 0 Å². The minimum atomic E-state index is -4.32. The van der Waals surface area contributed by atoms with Gasteiger partial charge < -0.3 is 20.7 Å². The maximum absolute atomic E-state index is 12.7. The van der Waals surface area contributed by atoms with Gasteiger partial charge in [-0.05, 0) is 24.1 Å². The molecule has 4 N–H and O–H groups in total. The Bertz CT molecular complexity index is 474. The van der Waals surface area contributed by atoms with Crippen LogP contribution in [-0.4, -0.2) is 34.3 Å². The molecule has 0 radical (unpaired) electrons. The van der Waals surface area contributed by atoms with Crippen LogP contribution in [0.25, 0.3) is 0 Å². The van der Waals surface area contributed by atoms with E-state index in [-0.39, 0.29) is 12.2 Å². The van der Waals surface area contributed by atoms with Crippen LogP contribution in [0.1, 0.15) is 5.56 Å². The molecular formula is C11H11F2NO5. The van der Waals surface area contributed by atoms with E-state index in [0.29, 0.717) is 5.56 Å². The Kier molecular flexibility index (Phi) is 4.38. The standard InChI is InChI=1S/C11H11F2NO5/c12-11(13,10(17)18)19-7-3-1-6(2-4-7)5-8(14)9(15)16/h1-4,8H,5,14H2,(H,15,16)(H,17,18)/t8-/m0/s1. The lowest BCUT2D eigenvalue weighted by Gasteiger charge is -2.13. The van der Waals surface area contributed by atoms with Crippen molar-refractivity contribution in [3.05, 3.63) is 29.8 Å². The van der Waals surface area contributed by atoms with Crippen LogP contribution in [0, 0.1) is 0 Å². The minimum Gasteiger partial charge on any atom is -0.480 e. The lowest BCUT2D eigenvalue weighted by atomic mass is 10.1. The number of nitrogens with two attached hydrogens (primary N) is 1. The molecule has 1 atom stereocenters. The summed E-state index contributed by atoms with van der Waals surface area (Å²) in [6.45, 7) is 0. The number of carboxylic acids is 2. The van der Waals surface area contributed by atoms with Crippen molar-refractivity contribution in [3.63, 3.8) is 0 Å². The van der Waals surface area contributed by atoms with Crippen LogP contribution in [0.3, 0.4) is 0 Å². The average Bonchev–Trinajstić information content (AvgIpc) is 2.30. The van der Waals surface area contributed by atoms with Crippen molar-refractivity contribution in [2.45, 2.75) is 18.6 Å². The van der Waals surface area contributed by atoms with Gasteiger partial charge in [0.15, 0.2) is 0 Å². The second-order valence-electron chi connectivity index (χ2n) is 3.72. The molecule has 0 aliphatic rings. The van der Waals surface area contributed by atoms with Gasteiger partial charge in [-0.3, -0.25) is 4.79 Å². The Morgan fingerprint density at radius 1 is 1.26 bits per heavy atom. The van der Waals surface area contributed by atoms with Gasteiger partial charge >= 0.3 is 18.0 Å². The summed E-state index contributed by atoms with van der Waals surface area (Å²) in [7, 11) is 0. The van der Waals surface area contributed by atoms with Gasteiger partial charge in [-0.15, -0.1) is 0 Å². The van der Waals surface area contributed by atoms with Gasteiger partial charge in [0.05, 0.1) is 0 Å². The molecule has 0 spiro atoms. The lowest BCUT2D eigenvalue weighted by molar-refractivity contribution is -0.210. The molecule has 0 amide bonds. The Morgan fingerprint density at radius 2 is 1.79 bits per heavy atom. The molecule has 1 aromatic rings. The molecule has 0 aromatic heterocycles. The van der Waals surface area contributed by atoms with E-state index in [1.807, 2.05) is 0 Å². The van der Waals surface area contributed by atoms with E-state index in [1.165, 1.54) is 12.1 Å². The van der Waals surface area contributed by atoms with E-state index >= 15 is 0 Å². The maximum atomic E-state index is 12.7. The van der Waals surface area contributed by atoms with Crippen molar-refractivity contribution in [1.29, 1.82) is 0 Å². The molecule has 0 bridgehead atoms. The number of halogens is 2. The normalized spacial score (nSPS) is 12.8. The van der Waals surface area contributed by atoms with Crippen molar-refractivity contribution >= 4 is 11.9 Å². The fourth-order valence-electron chi connectivity index (χ4n) is 1.23. The molecule has 1 aromatic carbocycles. The van der Waals surface area contributed by atoms with Crippen molar-refractivity contribution in [2.75, 3.05) is 0 Å². The number of alkyl halides is 2. The van der Waals surface area contributed by atoms with E-state index in [4.69, 9.17) is 15.9 Å². The van der Waals surface area contributed by atoms with E-state index in [0.717, 1.165) is 12.1 Å². The average molecular weight is 275 g/mol. The van der Waals surface area contributed by atoms with Gasteiger partial charge in [-0.25, -0.2) is 4.79 Å². The highest BCUT2D eigenvalue weighted by molar-refractivity contribution is 5.74. The highest BCUT2D eigenvalue weighted by atomic mass is 19.3. The second-order valence-corrected chi connectivity index (χ2v) is 3.72. The van der Waals surface area contributed by atoms with E-state index < -0.39 is 24.1 Å². The van der Waals surface area contributed by atoms with Gasteiger partial charge in [0.1, 0.15) is 11.8 Å². The Labute approximate surface area is 106 Å². The van der Waals surface area contributed by atoms with E-state index in [1.54, 1.807) is 0 Å². The first-order valence-corrected chi connectivity index (χ1v) is 5.10. The van der Waals surface area contributed by atoms with Crippen LogP contribution in [0.15, 0.2) is 24.3 Å². The summed E-state index contributed by atoms with van der Waals surface area (Å²) >= 11 is 0. The topological polar surface area (TPSA) is 110 Å². The molecule has 6 nitrogen and oxygen atoms in total. The Morgan fingerprint density at radius 3 is 2.21 bits per heavy atom. The van der Waals surface area contributed by atoms with Gasteiger partial charge in [-0.1, -0.05) is 12.1 Å². The molecule has 8 heteroatoms. The first-order chi connectivity index (χ1) is 8.72. The predicted octanol–water partition coefficient (Wildman–Crippen LogP) is 0.697. The molecule has 0 aliphatic heterocycles. The number of carbonyl (C=O) groups is 2. The van der Waals surface area contributed by atoms with Crippen LogP contribution in [0.2, 0.25) is 0 Å². The summed E-state index contributed by atoms with van der Waals surface area (Å²) in [5.41, 5.74) is 5.80. The number of carboxylic acid groups (broad SMARTS) is 2. The zero-order valence-electron chi connectivity index (χ0n) is 9.55. The van der Waals surface area contributed by atoms with Crippen LogP contribution in [-0.2, 0) is 16.0 Å². The summed E-state index contributed by atoms with van der Waals surface area (Å²) < 4.78 is 29.4. The summed E-state index contributed by atoms with van der Waals surface area (Å²) in [6, 6.07) is 3.78. The first kappa shape index (κ1) is 14.8. The third-order valence-electron chi connectivity index (χ3n) is 2.19. The van der Waals surface area contributed by atoms with E-state index in [2.05, 4.69) is 4.74 Å². The molecule has 0 heterocycles. The quantitative estimate of drug-likeness (QED) is 0.704. The minimum absolute atomic E-state index is 0.0188. The van der Waals surface area contributed by atoms with Gasteiger partial charge in [0, 0.05) is 0 Å². The summed E-state index contributed by atoms with van der Waals surface area (Å²) in [5, 5.41) is 16.8. The Hall–Kier alpha value is -2.22. The summed E-state index contributed by atoms with van der Waals surface area (Å²) in [4.78, 5) is 20.7. The fraction of sp³-hybridized carbons (Fsp3) is 0.273. The van der Waals surface area contributed by atoms with Crippen molar-refractivity contribution in [3.8, 4) is 5.75 Å². The third kappa shape index (κ3) is 4.18. The van der Waals surface area contributed by atoms with Crippen LogP contribution in [0.5, 0.6) is 5.75 Å².